The first-order valence-electron chi connectivity index (χ1n) is 4.84. The van der Waals surface area contributed by atoms with Crippen molar-refractivity contribution in [3.8, 4) is 0 Å². The van der Waals surface area contributed by atoms with Crippen molar-refractivity contribution in [1.82, 2.24) is 4.98 Å². The van der Waals surface area contributed by atoms with E-state index in [2.05, 4.69) is 11.9 Å². The molecule has 0 radical (unpaired) electrons. The Kier molecular flexibility index (Phi) is 3.04. The molecule has 0 saturated heterocycles. The zero-order valence-electron chi connectivity index (χ0n) is 8.09. The first-order valence-corrected chi connectivity index (χ1v) is 6.04. The fourth-order valence-electron chi connectivity index (χ4n) is 1.38. The monoisotopic (exact) mass is 225 g/mol. The number of aromatic nitrogens is 1. The predicted octanol–water partition coefficient (Wildman–Crippen LogP) is 4.29. The maximum absolute atomic E-state index is 5.91. The van der Waals surface area contributed by atoms with Crippen LogP contribution < -0.4 is 0 Å². The zero-order valence-corrected chi connectivity index (χ0v) is 9.66. The molecule has 1 nitrogen and oxygen atoms in total. The van der Waals surface area contributed by atoms with Gasteiger partial charge in [0.1, 0.15) is 0 Å². The number of aryl methyl sites for hydroxylation is 1. The van der Waals surface area contributed by atoms with E-state index in [-0.39, 0.29) is 0 Å². The van der Waals surface area contributed by atoms with E-state index in [1.54, 1.807) is 11.3 Å². The van der Waals surface area contributed by atoms with Gasteiger partial charge in [0.15, 0.2) is 0 Å². The molecule has 0 bridgehead atoms. The van der Waals surface area contributed by atoms with E-state index < -0.39 is 0 Å². The molecule has 2 aromatic rings. The molecule has 1 aromatic heterocycles. The predicted molar refractivity (Wildman–Crippen MR) is 63.2 cm³/mol. The molecular formula is C11H12ClNS. The topological polar surface area (TPSA) is 12.9 Å². The molecule has 0 N–H and O–H groups in total. The van der Waals surface area contributed by atoms with Crippen LogP contribution in [0.2, 0.25) is 5.02 Å². The Hall–Kier alpha value is -0.600. The first kappa shape index (κ1) is 9.94. The second-order valence-corrected chi connectivity index (χ2v) is 4.87. The van der Waals surface area contributed by atoms with Gasteiger partial charge in [-0.05, 0) is 31.0 Å². The highest BCUT2D eigenvalue weighted by molar-refractivity contribution is 7.18. The third-order valence-corrected chi connectivity index (χ3v) is 3.45. The van der Waals surface area contributed by atoms with Crippen LogP contribution in [-0.4, -0.2) is 4.98 Å². The number of hydrogen-bond acceptors (Lipinski definition) is 2. The number of unbranched alkanes of at least 4 members (excludes halogenated alkanes) is 1. The molecule has 0 amide bonds. The number of rotatable bonds is 3. The number of halogens is 1. The van der Waals surface area contributed by atoms with E-state index >= 15 is 0 Å². The third kappa shape index (κ3) is 2.07. The number of hydrogen-bond donors (Lipinski definition) is 0. The Labute approximate surface area is 92.7 Å². The quantitative estimate of drug-likeness (QED) is 0.759. The van der Waals surface area contributed by atoms with Crippen molar-refractivity contribution in [3.05, 3.63) is 28.2 Å². The SMILES string of the molecule is CCCCc1nc2ccc(Cl)cc2s1. The lowest BCUT2D eigenvalue weighted by Crippen LogP contribution is -1.80. The first-order chi connectivity index (χ1) is 6.79. The third-order valence-electron chi connectivity index (χ3n) is 2.14. The summed E-state index contributed by atoms with van der Waals surface area (Å²) in [5.41, 5.74) is 1.07. The molecule has 0 unspecified atom stereocenters. The average Bonchev–Trinajstić information content (AvgIpc) is 2.56. The molecule has 0 spiro atoms. The molecule has 0 fully saturated rings. The summed E-state index contributed by atoms with van der Waals surface area (Å²) in [5, 5.41) is 2.02. The molecule has 2 rings (SSSR count). The Morgan fingerprint density at radius 3 is 3.07 bits per heavy atom. The van der Waals surface area contributed by atoms with Crippen LogP contribution in [0, 0.1) is 0 Å². The summed E-state index contributed by atoms with van der Waals surface area (Å²) in [6, 6.07) is 5.88. The van der Waals surface area contributed by atoms with E-state index in [4.69, 9.17) is 11.6 Å². The molecule has 1 aromatic carbocycles. The van der Waals surface area contributed by atoms with Crippen molar-refractivity contribution >= 4 is 33.2 Å². The molecule has 0 atom stereocenters. The minimum atomic E-state index is 0.795. The van der Waals surface area contributed by atoms with E-state index in [0.717, 1.165) is 17.0 Å². The highest BCUT2D eigenvalue weighted by atomic mass is 35.5. The standard InChI is InChI=1S/C11H12ClNS/c1-2-3-4-11-13-9-6-5-8(12)7-10(9)14-11/h5-7H,2-4H2,1H3. The molecule has 0 aliphatic carbocycles. The van der Waals surface area contributed by atoms with E-state index in [9.17, 15) is 0 Å². The Morgan fingerprint density at radius 1 is 1.43 bits per heavy atom. The average molecular weight is 226 g/mol. The molecule has 14 heavy (non-hydrogen) atoms. The van der Waals surface area contributed by atoms with Gasteiger partial charge >= 0.3 is 0 Å². The van der Waals surface area contributed by atoms with Crippen molar-refractivity contribution in [1.29, 1.82) is 0 Å². The largest absolute Gasteiger partial charge is 0.241 e. The summed E-state index contributed by atoms with van der Waals surface area (Å²) in [6.45, 7) is 2.20. The molecular weight excluding hydrogens is 214 g/mol. The van der Waals surface area contributed by atoms with E-state index in [0.29, 0.717) is 0 Å². The molecule has 0 aliphatic rings. The van der Waals surface area contributed by atoms with Gasteiger partial charge in [-0.2, -0.15) is 0 Å². The fourth-order valence-corrected chi connectivity index (χ4v) is 2.67. The maximum Gasteiger partial charge on any atom is 0.0938 e. The van der Waals surface area contributed by atoms with Crippen LogP contribution in [0.4, 0.5) is 0 Å². The Balaban J connectivity index is 2.32. The molecule has 0 saturated carbocycles. The van der Waals surface area contributed by atoms with Crippen LogP contribution in [0.1, 0.15) is 24.8 Å². The summed E-state index contributed by atoms with van der Waals surface area (Å²) >= 11 is 7.67. The summed E-state index contributed by atoms with van der Waals surface area (Å²) in [6.07, 6.45) is 3.53. The summed E-state index contributed by atoms with van der Waals surface area (Å²) in [5.74, 6) is 0. The van der Waals surface area contributed by atoms with Gasteiger partial charge in [0.2, 0.25) is 0 Å². The van der Waals surface area contributed by atoms with E-state index in [1.807, 2.05) is 18.2 Å². The number of thiazole rings is 1. The molecule has 3 heteroatoms. The lowest BCUT2D eigenvalue weighted by Gasteiger charge is -1.89. The van der Waals surface area contributed by atoms with Crippen LogP contribution in [0.15, 0.2) is 18.2 Å². The minimum absolute atomic E-state index is 0.795. The Bertz CT molecular complexity index is 436. The molecule has 74 valence electrons. The minimum Gasteiger partial charge on any atom is -0.241 e. The highest BCUT2D eigenvalue weighted by Gasteiger charge is 2.03. The second-order valence-electron chi connectivity index (χ2n) is 3.32. The summed E-state index contributed by atoms with van der Waals surface area (Å²) in [7, 11) is 0. The van der Waals surface area contributed by atoms with Crippen molar-refractivity contribution in [2.75, 3.05) is 0 Å². The highest BCUT2D eigenvalue weighted by Crippen LogP contribution is 2.25. The smallest absolute Gasteiger partial charge is 0.0938 e. The van der Waals surface area contributed by atoms with Gasteiger partial charge in [-0.15, -0.1) is 11.3 Å². The van der Waals surface area contributed by atoms with Gasteiger partial charge in [-0.3, -0.25) is 0 Å². The number of nitrogens with zero attached hydrogens (tertiary/aromatic N) is 1. The summed E-state index contributed by atoms with van der Waals surface area (Å²) < 4.78 is 1.20. The normalized spacial score (nSPS) is 11.0. The van der Waals surface area contributed by atoms with E-state index in [1.165, 1.54) is 22.5 Å². The lowest BCUT2D eigenvalue weighted by molar-refractivity contribution is 0.791. The van der Waals surface area contributed by atoms with Crippen LogP contribution in [-0.2, 0) is 6.42 Å². The number of benzene rings is 1. The van der Waals surface area contributed by atoms with Crippen molar-refractivity contribution in [2.24, 2.45) is 0 Å². The van der Waals surface area contributed by atoms with Crippen LogP contribution in [0.3, 0.4) is 0 Å². The second kappa shape index (κ2) is 4.28. The summed E-state index contributed by atoms with van der Waals surface area (Å²) in [4.78, 5) is 4.55. The van der Waals surface area contributed by atoms with Crippen LogP contribution >= 0.6 is 22.9 Å². The van der Waals surface area contributed by atoms with Gasteiger partial charge in [-0.1, -0.05) is 24.9 Å². The van der Waals surface area contributed by atoms with Crippen molar-refractivity contribution in [3.63, 3.8) is 0 Å². The molecule has 0 aliphatic heterocycles. The van der Waals surface area contributed by atoms with Gasteiger partial charge in [0.25, 0.3) is 0 Å². The van der Waals surface area contributed by atoms with Gasteiger partial charge in [-0.25, -0.2) is 4.98 Å². The van der Waals surface area contributed by atoms with Crippen molar-refractivity contribution in [2.45, 2.75) is 26.2 Å². The maximum atomic E-state index is 5.91. The van der Waals surface area contributed by atoms with Crippen molar-refractivity contribution < 1.29 is 0 Å². The molecule has 1 heterocycles. The fraction of sp³-hybridized carbons (Fsp3) is 0.364. The van der Waals surface area contributed by atoms with Gasteiger partial charge in [0, 0.05) is 5.02 Å². The van der Waals surface area contributed by atoms with Crippen LogP contribution in [0.5, 0.6) is 0 Å². The van der Waals surface area contributed by atoms with Gasteiger partial charge < -0.3 is 0 Å². The number of fused-ring (bicyclic) bond motifs is 1. The van der Waals surface area contributed by atoms with Gasteiger partial charge in [0.05, 0.1) is 15.2 Å². The van der Waals surface area contributed by atoms with Crippen LogP contribution in [0.25, 0.3) is 10.2 Å². The zero-order chi connectivity index (χ0) is 9.97. The Morgan fingerprint density at radius 2 is 2.29 bits per heavy atom. The lowest BCUT2D eigenvalue weighted by atomic mass is 10.3.